The standard InChI is InChI=1S/C9H8NO.Li/c1-2-11-9-6-4-3-5-8(9)7-10;/h4-6H,2H2,1H3;/q-1;+1. The maximum Gasteiger partial charge on any atom is 1.00 e. The van der Waals surface area contributed by atoms with E-state index in [0.29, 0.717) is 17.9 Å². The largest absolute Gasteiger partial charge is 1.00 e. The number of nitrogens with zero attached hydrogens (tertiary/aromatic N) is 1. The average molecular weight is 153 g/mol. The molecule has 1 rings (SSSR count). The first-order valence-corrected chi connectivity index (χ1v) is 3.41. The van der Waals surface area contributed by atoms with Crippen LogP contribution in [0.5, 0.6) is 5.75 Å². The van der Waals surface area contributed by atoms with Crippen LogP contribution in [0.15, 0.2) is 18.2 Å². The van der Waals surface area contributed by atoms with Crippen molar-refractivity contribution in [2.45, 2.75) is 6.92 Å². The zero-order valence-electron chi connectivity index (χ0n) is 7.29. The average Bonchev–Trinajstić information content (AvgIpc) is 2.06. The maximum atomic E-state index is 8.60. The Hall–Kier alpha value is -0.893. The summed E-state index contributed by atoms with van der Waals surface area (Å²) in [4.78, 5) is 0. The molecule has 12 heavy (non-hydrogen) atoms. The third-order valence-electron chi connectivity index (χ3n) is 1.24. The van der Waals surface area contributed by atoms with Gasteiger partial charge in [-0.25, -0.2) is 5.26 Å². The van der Waals surface area contributed by atoms with Gasteiger partial charge in [0.25, 0.3) is 0 Å². The predicted molar refractivity (Wildman–Crippen MR) is 41.2 cm³/mol. The number of hydrogen-bond acceptors (Lipinski definition) is 2. The molecule has 3 heteroatoms. The van der Waals surface area contributed by atoms with Crippen molar-refractivity contribution in [1.29, 1.82) is 5.26 Å². The molecule has 0 aliphatic carbocycles. The van der Waals surface area contributed by atoms with Crippen LogP contribution in [0.4, 0.5) is 0 Å². The quantitative estimate of drug-likeness (QED) is 0.393. The molecule has 1 aromatic carbocycles. The van der Waals surface area contributed by atoms with Crippen molar-refractivity contribution < 1.29 is 23.6 Å². The van der Waals surface area contributed by atoms with Crippen LogP contribution in [-0.2, 0) is 0 Å². The van der Waals surface area contributed by atoms with Gasteiger partial charge in [0.2, 0.25) is 0 Å². The van der Waals surface area contributed by atoms with Crippen LogP contribution in [0, 0.1) is 17.4 Å². The minimum Gasteiger partial charge on any atom is -0.518 e. The molecule has 0 spiro atoms. The van der Waals surface area contributed by atoms with Gasteiger partial charge in [0.05, 0.1) is 6.61 Å². The summed E-state index contributed by atoms with van der Waals surface area (Å²) in [5.74, 6) is 0.633. The zero-order chi connectivity index (χ0) is 8.10. The minimum absolute atomic E-state index is 0. The first-order valence-electron chi connectivity index (χ1n) is 3.41. The number of nitriles is 1. The number of benzene rings is 1. The van der Waals surface area contributed by atoms with Gasteiger partial charge in [-0.1, -0.05) is 0 Å². The van der Waals surface area contributed by atoms with Gasteiger partial charge in [-0.2, -0.15) is 18.2 Å². The summed E-state index contributed by atoms with van der Waals surface area (Å²) < 4.78 is 5.19. The maximum absolute atomic E-state index is 8.60. The summed E-state index contributed by atoms with van der Waals surface area (Å²) in [5.41, 5.74) is 0.536. The van der Waals surface area contributed by atoms with Gasteiger partial charge < -0.3 is 4.74 Å². The van der Waals surface area contributed by atoms with Gasteiger partial charge in [-0.3, -0.25) is 0 Å². The molecule has 0 atom stereocenters. The Labute approximate surface area is 84.3 Å². The molecular weight excluding hydrogens is 145 g/mol. The molecule has 0 N–H and O–H groups in total. The monoisotopic (exact) mass is 153 g/mol. The van der Waals surface area contributed by atoms with Gasteiger partial charge >= 0.3 is 18.9 Å². The molecule has 0 unspecified atom stereocenters. The normalized spacial score (nSPS) is 8.00. The molecular formula is C9H8LiNO. The van der Waals surface area contributed by atoms with E-state index in [1.807, 2.05) is 13.0 Å². The molecule has 0 saturated carbocycles. The van der Waals surface area contributed by atoms with Crippen LogP contribution in [-0.4, -0.2) is 6.61 Å². The molecule has 2 nitrogen and oxygen atoms in total. The van der Waals surface area contributed by atoms with E-state index < -0.39 is 0 Å². The Bertz CT molecular complexity index is 280. The SMILES string of the molecule is CCOc1cc[c-]cc1C#N.[Li+]. The van der Waals surface area contributed by atoms with Crippen LogP contribution in [0.2, 0.25) is 0 Å². The second-order valence-electron chi connectivity index (χ2n) is 1.97. The van der Waals surface area contributed by atoms with Crippen LogP contribution in [0.1, 0.15) is 12.5 Å². The zero-order valence-corrected chi connectivity index (χ0v) is 7.29. The van der Waals surface area contributed by atoms with Crippen LogP contribution in [0.25, 0.3) is 0 Å². The molecule has 0 radical (unpaired) electrons. The summed E-state index contributed by atoms with van der Waals surface area (Å²) in [7, 11) is 0. The second kappa shape index (κ2) is 5.72. The Balaban J connectivity index is 0.00000121. The van der Waals surface area contributed by atoms with Crippen molar-refractivity contribution in [3.05, 3.63) is 29.8 Å². The Kier molecular flexibility index (Phi) is 5.29. The molecule has 0 saturated heterocycles. The Morgan fingerprint density at radius 3 is 3.00 bits per heavy atom. The molecule has 0 aliphatic rings. The molecule has 0 fully saturated rings. The topological polar surface area (TPSA) is 33.0 Å². The van der Waals surface area contributed by atoms with Crippen molar-refractivity contribution in [2.75, 3.05) is 6.61 Å². The van der Waals surface area contributed by atoms with E-state index in [1.54, 1.807) is 18.2 Å². The Morgan fingerprint density at radius 1 is 1.67 bits per heavy atom. The second-order valence-corrected chi connectivity index (χ2v) is 1.97. The first kappa shape index (κ1) is 11.1. The summed E-state index contributed by atoms with van der Waals surface area (Å²) in [5, 5.41) is 8.60. The summed E-state index contributed by atoms with van der Waals surface area (Å²) in [6.07, 6.45) is 0. The van der Waals surface area contributed by atoms with Gasteiger partial charge in [0, 0.05) is 11.8 Å². The van der Waals surface area contributed by atoms with E-state index in [4.69, 9.17) is 10.00 Å². The van der Waals surface area contributed by atoms with Crippen molar-refractivity contribution in [1.82, 2.24) is 0 Å². The molecule has 0 amide bonds. The van der Waals surface area contributed by atoms with Crippen molar-refractivity contribution in [3.63, 3.8) is 0 Å². The third-order valence-corrected chi connectivity index (χ3v) is 1.24. The molecule has 0 aromatic heterocycles. The van der Waals surface area contributed by atoms with Crippen LogP contribution < -0.4 is 23.6 Å². The van der Waals surface area contributed by atoms with Crippen molar-refractivity contribution in [2.24, 2.45) is 0 Å². The van der Waals surface area contributed by atoms with Gasteiger partial charge in [0.15, 0.2) is 0 Å². The summed E-state index contributed by atoms with van der Waals surface area (Å²) in [6.45, 7) is 2.47. The van der Waals surface area contributed by atoms with E-state index in [1.165, 1.54) is 0 Å². The number of rotatable bonds is 2. The number of ether oxygens (including phenoxy) is 1. The molecule has 56 valence electrons. The van der Waals surface area contributed by atoms with E-state index in [-0.39, 0.29) is 18.9 Å². The van der Waals surface area contributed by atoms with Crippen LogP contribution in [0.3, 0.4) is 0 Å². The Morgan fingerprint density at radius 2 is 2.42 bits per heavy atom. The fourth-order valence-corrected chi connectivity index (χ4v) is 0.785. The van der Waals surface area contributed by atoms with Crippen molar-refractivity contribution in [3.8, 4) is 11.8 Å². The molecule has 0 aliphatic heterocycles. The van der Waals surface area contributed by atoms with Crippen molar-refractivity contribution >= 4 is 0 Å². The predicted octanol–water partition coefficient (Wildman–Crippen LogP) is -1.24. The van der Waals surface area contributed by atoms with E-state index in [0.717, 1.165) is 0 Å². The first-order chi connectivity index (χ1) is 5.38. The van der Waals surface area contributed by atoms with Crippen LogP contribution >= 0.6 is 0 Å². The van der Waals surface area contributed by atoms with Gasteiger partial charge in [-0.15, -0.1) is 6.07 Å². The third kappa shape index (κ3) is 2.62. The molecule has 0 bridgehead atoms. The molecule has 0 heterocycles. The summed E-state index contributed by atoms with van der Waals surface area (Å²) in [6, 6.07) is 9.91. The van der Waals surface area contributed by atoms with Gasteiger partial charge in [0.1, 0.15) is 0 Å². The minimum atomic E-state index is 0. The number of hydrogen-bond donors (Lipinski definition) is 0. The fraction of sp³-hybridized carbons (Fsp3) is 0.222. The summed E-state index contributed by atoms with van der Waals surface area (Å²) >= 11 is 0. The van der Waals surface area contributed by atoms with E-state index >= 15 is 0 Å². The fourth-order valence-electron chi connectivity index (χ4n) is 0.785. The smallest absolute Gasteiger partial charge is 0.518 e. The van der Waals surface area contributed by atoms with E-state index in [9.17, 15) is 0 Å². The van der Waals surface area contributed by atoms with E-state index in [2.05, 4.69) is 6.07 Å². The van der Waals surface area contributed by atoms with Gasteiger partial charge in [-0.05, 0) is 12.5 Å². The molecule has 1 aromatic rings.